The number of hydrogen-bond acceptors (Lipinski definition) is 5. The van der Waals surface area contributed by atoms with Crippen LogP contribution < -0.4 is 27.6 Å². The van der Waals surface area contributed by atoms with E-state index >= 15 is 0 Å². The van der Waals surface area contributed by atoms with Crippen LogP contribution in [-0.2, 0) is 11.3 Å². The second kappa shape index (κ2) is 6.62. The van der Waals surface area contributed by atoms with Gasteiger partial charge in [0.15, 0.2) is 0 Å². The predicted molar refractivity (Wildman–Crippen MR) is 73.2 cm³/mol. The molecule has 0 aliphatic heterocycles. The fourth-order valence-corrected chi connectivity index (χ4v) is 1.57. The molecule has 0 saturated carbocycles. The summed E-state index contributed by atoms with van der Waals surface area (Å²) in [6.07, 6.45) is 0.829. The lowest BCUT2D eigenvalue weighted by Crippen LogP contribution is -2.36. The number of carbonyl (C=O) groups is 1. The van der Waals surface area contributed by atoms with Gasteiger partial charge in [0.1, 0.15) is 11.5 Å². The van der Waals surface area contributed by atoms with Crippen LogP contribution in [0, 0.1) is 0 Å². The summed E-state index contributed by atoms with van der Waals surface area (Å²) in [5.74, 6) is -0.213. The molecule has 0 radical (unpaired) electrons. The average molecular weight is 269 g/mol. The van der Waals surface area contributed by atoms with Crippen molar-refractivity contribution in [3.8, 4) is 0 Å². The number of hydrogen-bond donors (Lipinski definition) is 4. The smallest absolute Gasteiger partial charge is 0.330 e. The number of carbonyl (C=O) groups excluding carboxylic acids is 1. The van der Waals surface area contributed by atoms with Crippen LogP contribution in [0.3, 0.4) is 0 Å². The average Bonchev–Trinajstić information content (AvgIpc) is 2.36. The summed E-state index contributed by atoms with van der Waals surface area (Å²) < 4.78 is 1.22. The van der Waals surface area contributed by atoms with E-state index in [-0.39, 0.29) is 24.0 Å². The van der Waals surface area contributed by atoms with Crippen LogP contribution in [0.1, 0.15) is 20.3 Å². The summed E-state index contributed by atoms with van der Waals surface area (Å²) in [4.78, 5) is 36.6. The molecule has 1 rings (SSSR count). The van der Waals surface area contributed by atoms with Crippen LogP contribution in [-0.4, -0.2) is 28.5 Å². The van der Waals surface area contributed by atoms with Crippen molar-refractivity contribution in [2.75, 3.05) is 24.1 Å². The van der Waals surface area contributed by atoms with Crippen molar-refractivity contribution < 1.29 is 4.79 Å². The summed E-state index contributed by atoms with van der Waals surface area (Å²) in [5, 5.41) is 5.31. The van der Waals surface area contributed by atoms with E-state index in [9.17, 15) is 14.4 Å². The molecule has 0 atom stereocenters. The Hall–Kier alpha value is -2.25. The number of aromatic amines is 1. The van der Waals surface area contributed by atoms with E-state index in [4.69, 9.17) is 5.73 Å². The van der Waals surface area contributed by atoms with Crippen molar-refractivity contribution in [2.45, 2.75) is 26.8 Å². The number of amides is 1. The van der Waals surface area contributed by atoms with Crippen molar-refractivity contribution in [1.82, 2.24) is 14.9 Å². The van der Waals surface area contributed by atoms with Crippen molar-refractivity contribution in [1.29, 1.82) is 0 Å². The molecule has 0 aliphatic carbocycles. The van der Waals surface area contributed by atoms with E-state index in [1.165, 1.54) is 4.57 Å². The highest BCUT2D eigenvalue weighted by molar-refractivity contribution is 5.81. The second-order valence-electron chi connectivity index (χ2n) is 3.97. The molecule has 19 heavy (non-hydrogen) atoms. The first-order chi connectivity index (χ1) is 9.01. The van der Waals surface area contributed by atoms with E-state index in [0.717, 1.165) is 6.42 Å². The van der Waals surface area contributed by atoms with Crippen LogP contribution in [0.25, 0.3) is 0 Å². The molecule has 1 aromatic heterocycles. The minimum absolute atomic E-state index is 0.0274. The van der Waals surface area contributed by atoms with E-state index in [1.807, 2.05) is 6.92 Å². The zero-order valence-corrected chi connectivity index (χ0v) is 11.1. The Morgan fingerprint density at radius 1 is 1.37 bits per heavy atom. The van der Waals surface area contributed by atoms with Crippen LogP contribution in [0.4, 0.5) is 11.5 Å². The first-order valence-corrected chi connectivity index (χ1v) is 6.14. The predicted octanol–water partition coefficient (Wildman–Crippen LogP) is -0.923. The summed E-state index contributed by atoms with van der Waals surface area (Å²) in [6.45, 7) is 4.50. The van der Waals surface area contributed by atoms with Crippen LogP contribution in [0.15, 0.2) is 9.59 Å². The third-order valence-electron chi connectivity index (χ3n) is 2.55. The van der Waals surface area contributed by atoms with Gasteiger partial charge in [-0.25, -0.2) is 4.79 Å². The van der Waals surface area contributed by atoms with Gasteiger partial charge in [0.05, 0.1) is 6.54 Å². The molecule has 1 amide bonds. The SMILES string of the molecule is CCCNC(=O)CNc1c(N)n(CC)c(=O)[nH]c1=O. The molecule has 1 aromatic rings. The summed E-state index contributed by atoms with van der Waals surface area (Å²) in [7, 11) is 0. The molecule has 0 saturated heterocycles. The fourth-order valence-electron chi connectivity index (χ4n) is 1.57. The normalized spacial score (nSPS) is 10.2. The van der Waals surface area contributed by atoms with Crippen molar-refractivity contribution in [3.63, 3.8) is 0 Å². The molecule has 8 nitrogen and oxygen atoms in total. The topological polar surface area (TPSA) is 122 Å². The van der Waals surface area contributed by atoms with Crippen molar-refractivity contribution in [2.24, 2.45) is 0 Å². The van der Waals surface area contributed by atoms with Gasteiger partial charge in [-0.05, 0) is 13.3 Å². The Morgan fingerprint density at radius 3 is 2.63 bits per heavy atom. The highest BCUT2D eigenvalue weighted by Crippen LogP contribution is 2.08. The highest BCUT2D eigenvalue weighted by Gasteiger charge is 2.11. The maximum absolute atomic E-state index is 11.6. The van der Waals surface area contributed by atoms with Crippen molar-refractivity contribution in [3.05, 3.63) is 20.8 Å². The molecule has 0 unspecified atom stereocenters. The van der Waals surface area contributed by atoms with E-state index in [1.54, 1.807) is 6.92 Å². The monoisotopic (exact) mass is 269 g/mol. The molecule has 0 bridgehead atoms. The maximum Gasteiger partial charge on any atom is 0.330 e. The lowest BCUT2D eigenvalue weighted by atomic mass is 10.4. The molecule has 5 N–H and O–H groups in total. The number of rotatable bonds is 6. The van der Waals surface area contributed by atoms with Crippen molar-refractivity contribution >= 4 is 17.4 Å². The standard InChI is InChI=1S/C11H19N5O3/c1-3-5-13-7(17)6-14-8-9(12)16(4-2)11(19)15-10(8)18/h14H,3-6,12H2,1-2H3,(H,13,17)(H,15,18,19). The molecule has 0 aromatic carbocycles. The zero-order chi connectivity index (χ0) is 14.4. The first kappa shape index (κ1) is 14.8. The van der Waals surface area contributed by atoms with Gasteiger partial charge in [0.25, 0.3) is 5.56 Å². The molecule has 106 valence electrons. The number of nitrogen functional groups attached to an aromatic ring is 1. The minimum Gasteiger partial charge on any atom is -0.383 e. The molecular formula is C11H19N5O3. The van der Waals surface area contributed by atoms with Gasteiger partial charge in [-0.1, -0.05) is 6.92 Å². The minimum atomic E-state index is -0.629. The van der Waals surface area contributed by atoms with Gasteiger partial charge in [-0.15, -0.1) is 0 Å². The summed E-state index contributed by atoms with van der Waals surface area (Å²) >= 11 is 0. The fraction of sp³-hybridized carbons (Fsp3) is 0.545. The van der Waals surface area contributed by atoms with Gasteiger partial charge >= 0.3 is 5.69 Å². The lowest BCUT2D eigenvalue weighted by molar-refractivity contribution is -0.119. The Bertz CT molecular complexity index is 560. The largest absolute Gasteiger partial charge is 0.383 e. The number of nitrogens with one attached hydrogen (secondary N) is 3. The quantitative estimate of drug-likeness (QED) is 0.532. The van der Waals surface area contributed by atoms with Crippen LogP contribution in [0.2, 0.25) is 0 Å². The number of aromatic nitrogens is 2. The number of anilines is 2. The van der Waals surface area contributed by atoms with Gasteiger partial charge < -0.3 is 16.4 Å². The Kier molecular flexibility index (Phi) is 5.16. The Morgan fingerprint density at radius 2 is 2.05 bits per heavy atom. The summed E-state index contributed by atoms with van der Waals surface area (Å²) in [6, 6.07) is 0. The van der Waals surface area contributed by atoms with Gasteiger partial charge in [-0.2, -0.15) is 0 Å². The Labute approximate surface area is 110 Å². The van der Waals surface area contributed by atoms with Gasteiger partial charge in [-0.3, -0.25) is 19.1 Å². The molecule has 1 heterocycles. The highest BCUT2D eigenvalue weighted by atomic mass is 16.2. The van der Waals surface area contributed by atoms with Gasteiger partial charge in [0, 0.05) is 13.1 Å². The second-order valence-corrected chi connectivity index (χ2v) is 3.97. The summed E-state index contributed by atoms with van der Waals surface area (Å²) in [5.41, 5.74) is 4.57. The number of nitrogens with two attached hydrogens (primary N) is 1. The third kappa shape index (κ3) is 3.60. The molecule has 0 fully saturated rings. The molecular weight excluding hydrogens is 250 g/mol. The number of nitrogens with zero attached hydrogens (tertiary/aromatic N) is 1. The van der Waals surface area contributed by atoms with E-state index < -0.39 is 11.2 Å². The lowest BCUT2D eigenvalue weighted by Gasteiger charge is -2.12. The van der Waals surface area contributed by atoms with Crippen LogP contribution in [0.5, 0.6) is 0 Å². The first-order valence-electron chi connectivity index (χ1n) is 6.14. The number of H-pyrrole nitrogens is 1. The van der Waals surface area contributed by atoms with Crippen LogP contribution >= 0.6 is 0 Å². The van der Waals surface area contributed by atoms with E-state index in [0.29, 0.717) is 13.1 Å². The van der Waals surface area contributed by atoms with E-state index in [2.05, 4.69) is 15.6 Å². The maximum atomic E-state index is 11.6. The van der Waals surface area contributed by atoms with Gasteiger partial charge in [0.2, 0.25) is 5.91 Å². The molecule has 0 aliphatic rings. The Balaban J connectivity index is 2.87. The molecule has 8 heteroatoms. The zero-order valence-electron chi connectivity index (χ0n) is 11.1. The third-order valence-corrected chi connectivity index (χ3v) is 2.55. The molecule has 0 spiro atoms.